The van der Waals surface area contributed by atoms with E-state index in [1.54, 1.807) is 24.3 Å². The summed E-state index contributed by atoms with van der Waals surface area (Å²) in [5.41, 5.74) is -2.68. The van der Waals surface area contributed by atoms with E-state index in [0.717, 1.165) is 0 Å². The van der Waals surface area contributed by atoms with Gasteiger partial charge in [0.15, 0.2) is 11.7 Å². The molecule has 0 bridgehead atoms. The van der Waals surface area contributed by atoms with Gasteiger partial charge in [-0.1, -0.05) is 36.4 Å². The van der Waals surface area contributed by atoms with Gasteiger partial charge in [0.2, 0.25) is 0 Å². The molecule has 0 aromatic heterocycles. The number of aliphatic carboxylic acids is 1. The summed E-state index contributed by atoms with van der Waals surface area (Å²) in [4.78, 5) is 35.8. The Morgan fingerprint density at radius 3 is 1.96 bits per heavy atom. The van der Waals surface area contributed by atoms with E-state index in [4.69, 9.17) is 10.8 Å². The maximum atomic E-state index is 12.3. The third-order valence-corrected chi connectivity index (χ3v) is 3.83. The summed E-state index contributed by atoms with van der Waals surface area (Å²) in [6.07, 6.45) is -3.96. The minimum absolute atomic E-state index is 0.0451. The summed E-state index contributed by atoms with van der Waals surface area (Å²) in [5, 5.41) is 30.0. The number of carboxylic acids is 1. The number of rotatable bonds is 8. The molecule has 0 aliphatic heterocycles. The van der Waals surface area contributed by atoms with Crippen LogP contribution in [0.1, 0.15) is 29.0 Å². The van der Waals surface area contributed by atoms with Gasteiger partial charge in [-0.05, 0) is 31.2 Å². The minimum Gasteiger partial charge on any atom is -0.479 e. The second-order valence-corrected chi connectivity index (χ2v) is 5.95. The highest BCUT2D eigenvalue weighted by Gasteiger charge is 2.47. The van der Waals surface area contributed by atoms with Crippen LogP contribution in [0, 0.1) is 0 Å². The quantitative estimate of drug-likeness (QED) is 0.575. The van der Waals surface area contributed by atoms with Crippen LogP contribution in [0.4, 0.5) is 0 Å². The number of benzene rings is 2. The fraction of sp³-hybridized carbons (Fsp3) is 0.250. The van der Waals surface area contributed by atoms with E-state index in [1.807, 2.05) is 0 Å². The van der Waals surface area contributed by atoms with E-state index in [1.165, 1.54) is 36.4 Å². The van der Waals surface area contributed by atoms with Gasteiger partial charge in [0.25, 0.3) is 0 Å². The Labute approximate surface area is 162 Å². The van der Waals surface area contributed by atoms with Crippen molar-refractivity contribution < 1.29 is 40.5 Å². The molecule has 0 amide bonds. The minimum atomic E-state index is -2.91. The number of carbonyl (C=O) groups is 3. The molecule has 3 atom stereocenters. The predicted molar refractivity (Wildman–Crippen MR) is 96.6 cm³/mol. The van der Waals surface area contributed by atoms with Crippen molar-refractivity contribution in [3.8, 4) is 0 Å². The monoisotopic (exact) mass is 389 g/mol. The zero-order chi connectivity index (χ0) is 21.4. The maximum absolute atomic E-state index is 12.3. The molecule has 0 saturated carbocycles. The summed E-state index contributed by atoms with van der Waals surface area (Å²) in [5.74, 6) is -3.69. The molecule has 0 aliphatic rings. The van der Waals surface area contributed by atoms with Gasteiger partial charge in [-0.15, -0.1) is 0 Å². The number of carboxylic acid groups (broad SMARTS) is 1. The first-order valence-corrected chi connectivity index (χ1v) is 8.21. The second kappa shape index (κ2) is 9.12. The average Bonchev–Trinajstić information content (AvgIpc) is 2.75. The summed E-state index contributed by atoms with van der Waals surface area (Å²) >= 11 is 0. The zero-order valence-electron chi connectivity index (χ0n) is 15.7. The molecule has 2 aromatic carbocycles. The molecule has 148 valence electrons. The van der Waals surface area contributed by atoms with Gasteiger partial charge in [0.05, 0.1) is 11.1 Å². The molecule has 8 heteroatoms. The molecule has 0 radical (unpaired) electrons. The fourth-order valence-electron chi connectivity index (χ4n) is 2.28. The van der Waals surface area contributed by atoms with Gasteiger partial charge in [0.1, 0.15) is 12.7 Å². The van der Waals surface area contributed by atoms with Crippen LogP contribution < -0.4 is 0 Å². The third kappa shape index (κ3) is 5.15. The molecule has 0 spiro atoms. The highest BCUT2D eigenvalue weighted by Crippen LogP contribution is 2.20. The van der Waals surface area contributed by atoms with Crippen molar-refractivity contribution in [1.82, 2.24) is 0 Å². The van der Waals surface area contributed by atoms with Crippen LogP contribution in [0.5, 0.6) is 0 Å². The van der Waals surface area contributed by atoms with Crippen LogP contribution in [0.25, 0.3) is 0 Å². The highest BCUT2D eigenvalue weighted by molar-refractivity contribution is 5.90. The summed E-state index contributed by atoms with van der Waals surface area (Å²) in [6.45, 7) is -1.88. The van der Waals surface area contributed by atoms with E-state index in [-0.39, 0.29) is 11.1 Å². The van der Waals surface area contributed by atoms with E-state index in [9.17, 15) is 29.7 Å². The van der Waals surface area contributed by atoms with Gasteiger partial charge < -0.3 is 24.8 Å². The van der Waals surface area contributed by atoms with Crippen molar-refractivity contribution in [1.29, 1.82) is 0 Å². The van der Waals surface area contributed by atoms with Crippen molar-refractivity contribution in [2.75, 3.05) is 6.61 Å². The van der Waals surface area contributed by atoms with E-state index in [0.29, 0.717) is 0 Å². The van der Waals surface area contributed by atoms with E-state index in [2.05, 4.69) is 0 Å². The van der Waals surface area contributed by atoms with Gasteiger partial charge in [-0.25, -0.2) is 14.4 Å². The molecule has 0 unspecified atom stereocenters. The molecule has 0 aliphatic carbocycles. The first-order valence-electron chi connectivity index (χ1n) is 8.91. The standard InChI is InChI=1S/C20H20O8/c1-20(26,19(24)25)16(28-18(23)14-10-6-3-7-11-14)15(21)12-27-17(22)13-8-4-2-5-9-13/h2-11,15-16,21,26H,12H2,1H3,(H,24,25)/t15-,16-,20-/m1/s1/i1D. The predicted octanol–water partition coefficient (Wildman–Crippen LogP) is 1.27. The van der Waals surface area contributed by atoms with Crippen LogP contribution in [0.3, 0.4) is 0 Å². The Morgan fingerprint density at radius 2 is 1.50 bits per heavy atom. The van der Waals surface area contributed by atoms with E-state index >= 15 is 0 Å². The summed E-state index contributed by atoms with van der Waals surface area (Å²) < 4.78 is 17.3. The van der Waals surface area contributed by atoms with Crippen molar-refractivity contribution >= 4 is 17.9 Å². The molecular formula is C20H20O8. The number of carbonyl (C=O) groups excluding carboxylic acids is 2. The summed E-state index contributed by atoms with van der Waals surface area (Å²) in [7, 11) is 0. The zero-order valence-corrected chi connectivity index (χ0v) is 14.7. The van der Waals surface area contributed by atoms with Crippen molar-refractivity contribution in [3.05, 3.63) is 71.8 Å². The van der Waals surface area contributed by atoms with Crippen molar-refractivity contribution in [2.24, 2.45) is 0 Å². The molecule has 0 saturated heterocycles. The van der Waals surface area contributed by atoms with Gasteiger partial charge in [-0.3, -0.25) is 0 Å². The van der Waals surface area contributed by atoms with E-state index < -0.39 is 49.2 Å². The largest absolute Gasteiger partial charge is 0.479 e. The number of aliphatic hydroxyl groups excluding tert-OH is 1. The maximum Gasteiger partial charge on any atom is 0.339 e. The van der Waals surface area contributed by atoms with Crippen LogP contribution in [-0.4, -0.2) is 57.6 Å². The number of hydrogen-bond acceptors (Lipinski definition) is 7. The van der Waals surface area contributed by atoms with Gasteiger partial charge in [-0.2, -0.15) is 0 Å². The molecule has 2 rings (SSSR count). The first kappa shape index (κ1) is 19.5. The first-order chi connectivity index (χ1) is 13.8. The summed E-state index contributed by atoms with van der Waals surface area (Å²) in [6, 6.07) is 15.3. The van der Waals surface area contributed by atoms with Crippen LogP contribution >= 0.6 is 0 Å². The Bertz CT molecular complexity index is 842. The third-order valence-electron chi connectivity index (χ3n) is 3.83. The Balaban J connectivity index is 2.18. The normalized spacial score (nSPS) is 15.4. The lowest BCUT2D eigenvalue weighted by Crippen LogP contribution is -2.55. The molecule has 0 fully saturated rings. The van der Waals surface area contributed by atoms with Crippen molar-refractivity contribution in [3.63, 3.8) is 0 Å². The van der Waals surface area contributed by atoms with Crippen LogP contribution in [0.2, 0.25) is 0 Å². The van der Waals surface area contributed by atoms with Gasteiger partial charge in [0, 0.05) is 1.37 Å². The highest BCUT2D eigenvalue weighted by atomic mass is 16.6. The number of ether oxygens (including phenoxy) is 2. The smallest absolute Gasteiger partial charge is 0.339 e. The topological polar surface area (TPSA) is 130 Å². The Kier molecular flexibility index (Phi) is 6.36. The molecule has 3 N–H and O–H groups in total. The number of aliphatic hydroxyl groups is 2. The average molecular weight is 389 g/mol. The lowest BCUT2D eigenvalue weighted by Gasteiger charge is -2.31. The Hall–Kier alpha value is -3.23. The molecular weight excluding hydrogens is 368 g/mol. The Morgan fingerprint density at radius 1 is 1.00 bits per heavy atom. The van der Waals surface area contributed by atoms with Crippen LogP contribution in [-0.2, 0) is 14.3 Å². The van der Waals surface area contributed by atoms with Gasteiger partial charge >= 0.3 is 17.9 Å². The molecule has 0 heterocycles. The molecule has 2 aromatic rings. The molecule has 8 nitrogen and oxygen atoms in total. The fourth-order valence-corrected chi connectivity index (χ4v) is 2.28. The number of hydrogen-bond donors (Lipinski definition) is 3. The molecule has 28 heavy (non-hydrogen) atoms. The van der Waals surface area contributed by atoms with Crippen molar-refractivity contribution in [2.45, 2.75) is 24.7 Å². The SMILES string of the molecule is [2H]C[C@](O)(C(=O)O)[C@H](OC(=O)c1ccccc1)[C@H](O)COC(=O)c1ccccc1. The second-order valence-electron chi connectivity index (χ2n) is 5.95. The number of esters is 2. The van der Waals surface area contributed by atoms with Crippen LogP contribution in [0.15, 0.2) is 60.7 Å². The lowest BCUT2D eigenvalue weighted by atomic mass is 9.94. The lowest BCUT2D eigenvalue weighted by molar-refractivity contribution is -0.180.